The lowest BCUT2D eigenvalue weighted by Gasteiger charge is -2.12. The van der Waals surface area contributed by atoms with E-state index in [0.717, 1.165) is 36.5 Å². The van der Waals surface area contributed by atoms with Gasteiger partial charge in [-0.15, -0.1) is 6.58 Å². The second-order valence-electron chi connectivity index (χ2n) is 3.62. The van der Waals surface area contributed by atoms with Crippen LogP contribution in [-0.4, -0.2) is 27.4 Å². The number of rotatable bonds is 8. The molecule has 0 aromatic heterocycles. The van der Waals surface area contributed by atoms with Crippen molar-refractivity contribution in [2.24, 2.45) is 0 Å². The van der Waals surface area contributed by atoms with Gasteiger partial charge in [0.05, 0.1) is 20.8 Å². The Morgan fingerprint density at radius 2 is 2.06 bits per heavy atom. The van der Waals surface area contributed by atoms with Crippen molar-refractivity contribution in [3.05, 3.63) is 36.4 Å². The molecule has 1 aromatic carbocycles. The van der Waals surface area contributed by atoms with Gasteiger partial charge in [-0.25, -0.2) is 0 Å². The van der Waals surface area contributed by atoms with Crippen LogP contribution in [0.5, 0.6) is 11.5 Å². The van der Waals surface area contributed by atoms with E-state index in [1.807, 2.05) is 12.1 Å². The summed E-state index contributed by atoms with van der Waals surface area (Å²) in [6, 6.07) is 5.92. The largest absolute Gasteiger partial charge is 0.493 e. The van der Waals surface area contributed by atoms with E-state index in [9.17, 15) is 0 Å². The number of methoxy groups -OCH3 is 2. The molecule has 0 bridgehead atoms. The molecule has 1 rings (SSSR count). The zero-order chi connectivity index (χ0) is 12.5. The third-order valence-corrected chi connectivity index (χ3v) is 2.45. The number of hydrogen-bond donors (Lipinski definition) is 0. The van der Waals surface area contributed by atoms with Gasteiger partial charge in [0, 0.05) is 6.61 Å². The van der Waals surface area contributed by atoms with Crippen molar-refractivity contribution in [3.8, 4) is 11.5 Å². The highest BCUT2D eigenvalue weighted by Gasteiger charge is 2.08. The SMILES string of the molecule is C=CCOCCCc1cccc(OC)c1OC. The Bertz CT molecular complexity index is 347. The van der Waals surface area contributed by atoms with E-state index in [-0.39, 0.29) is 0 Å². The molecule has 0 radical (unpaired) electrons. The van der Waals surface area contributed by atoms with Crippen molar-refractivity contribution in [2.75, 3.05) is 27.4 Å². The van der Waals surface area contributed by atoms with Gasteiger partial charge in [0.15, 0.2) is 11.5 Å². The van der Waals surface area contributed by atoms with E-state index in [2.05, 4.69) is 12.6 Å². The number of aryl methyl sites for hydroxylation is 1. The fourth-order valence-electron chi connectivity index (χ4n) is 1.68. The van der Waals surface area contributed by atoms with Crippen molar-refractivity contribution >= 4 is 0 Å². The van der Waals surface area contributed by atoms with Gasteiger partial charge in [-0.2, -0.15) is 0 Å². The zero-order valence-electron chi connectivity index (χ0n) is 10.6. The molecule has 0 spiro atoms. The average Bonchev–Trinajstić information content (AvgIpc) is 2.38. The van der Waals surface area contributed by atoms with Crippen molar-refractivity contribution in [1.82, 2.24) is 0 Å². The molecule has 0 aliphatic heterocycles. The van der Waals surface area contributed by atoms with Crippen molar-refractivity contribution < 1.29 is 14.2 Å². The monoisotopic (exact) mass is 236 g/mol. The normalized spacial score (nSPS) is 10.0. The van der Waals surface area contributed by atoms with Crippen LogP contribution >= 0.6 is 0 Å². The van der Waals surface area contributed by atoms with Crippen molar-refractivity contribution in [2.45, 2.75) is 12.8 Å². The van der Waals surface area contributed by atoms with Crippen LogP contribution in [-0.2, 0) is 11.2 Å². The van der Waals surface area contributed by atoms with E-state index in [0.29, 0.717) is 6.61 Å². The van der Waals surface area contributed by atoms with Gasteiger partial charge in [0.1, 0.15) is 0 Å². The maximum absolute atomic E-state index is 5.36. The third-order valence-electron chi connectivity index (χ3n) is 2.45. The smallest absolute Gasteiger partial charge is 0.163 e. The number of benzene rings is 1. The van der Waals surface area contributed by atoms with E-state index in [1.165, 1.54) is 0 Å². The summed E-state index contributed by atoms with van der Waals surface area (Å²) < 4.78 is 16.0. The third kappa shape index (κ3) is 4.11. The van der Waals surface area contributed by atoms with Crippen LogP contribution in [0.1, 0.15) is 12.0 Å². The Morgan fingerprint density at radius 3 is 2.71 bits per heavy atom. The molecule has 0 N–H and O–H groups in total. The average molecular weight is 236 g/mol. The summed E-state index contributed by atoms with van der Waals surface area (Å²) in [6.45, 7) is 4.94. The molecular weight excluding hydrogens is 216 g/mol. The molecule has 17 heavy (non-hydrogen) atoms. The predicted octanol–water partition coefficient (Wildman–Crippen LogP) is 2.84. The van der Waals surface area contributed by atoms with Crippen LogP contribution in [0.3, 0.4) is 0 Å². The summed E-state index contributed by atoms with van der Waals surface area (Å²) in [4.78, 5) is 0. The van der Waals surface area contributed by atoms with Crippen molar-refractivity contribution in [3.63, 3.8) is 0 Å². The van der Waals surface area contributed by atoms with Gasteiger partial charge < -0.3 is 14.2 Å². The molecule has 0 saturated heterocycles. The van der Waals surface area contributed by atoms with Crippen LogP contribution in [0.4, 0.5) is 0 Å². The summed E-state index contributed by atoms with van der Waals surface area (Å²) in [5.74, 6) is 1.59. The molecule has 0 saturated carbocycles. The van der Waals surface area contributed by atoms with Gasteiger partial charge in [0.25, 0.3) is 0 Å². The first-order chi connectivity index (χ1) is 8.33. The number of ether oxygens (including phenoxy) is 3. The summed E-state index contributed by atoms with van der Waals surface area (Å²) in [6.07, 6.45) is 3.63. The van der Waals surface area contributed by atoms with E-state index in [4.69, 9.17) is 14.2 Å². The fourth-order valence-corrected chi connectivity index (χ4v) is 1.68. The molecule has 0 heterocycles. The minimum atomic E-state index is 0.606. The van der Waals surface area contributed by atoms with Crippen molar-refractivity contribution in [1.29, 1.82) is 0 Å². The van der Waals surface area contributed by atoms with Crippen LogP contribution in [0.25, 0.3) is 0 Å². The molecule has 0 atom stereocenters. The van der Waals surface area contributed by atoms with Gasteiger partial charge >= 0.3 is 0 Å². The molecule has 0 aliphatic carbocycles. The molecule has 3 nitrogen and oxygen atoms in total. The first-order valence-electron chi connectivity index (χ1n) is 5.72. The Hall–Kier alpha value is -1.48. The van der Waals surface area contributed by atoms with Gasteiger partial charge in [-0.05, 0) is 24.5 Å². The summed E-state index contributed by atoms with van der Waals surface area (Å²) in [5.41, 5.74) is 1.15. The summed E-state index contributed by atoms with van der Waals surface area (Å²) in [7, 11) is 3.31. The number of hydrogen-bond acceptors (Lipinski definition) is 3. The highest BCUT2D eigenvalue weighted by Crippen LogP contribution is 2.31. The Kier molecular flexibility index (Phi) is 6.18. The second kappa shape index (κ2) is 7.74. The zero-order valence-corrected chi connectivity index (χ0v) is 10.6. The summed E-state index contributed by atoms with van der Waals surface area (Å²) >= 11 is 0. The standard InChI is InChI=1S/C14H20O3/c1-4-10-17-11-6-8-12-7-5-9-13(15-2)14(12)16-3/h4-5,7,9H,1,6,8,10-11H2,2-3H3. The minimum Gasteiger partial charge on any atom is -0.493 e. The topological polar surface area (TPSA) is 27.7 Å². The molecular formula is C14H20O3. The molecule has 94 valence electrons. The van der Waals surface area contributed by atoms with Gasteiger partial charge in [0.2, 0.25) is 0 Å². The van der Waals surface area contributed by atoms with Gasteiger partial charge in [-0.1, -0.05) is 18.2 Å². The fraction of sp³-hybridized carbons (Fsp3) is 0.429. The molecule has 0 aliphatic rings. The first-order valence-corrected chi connectivity index (χ1v) is 5.72. The molecule has 0 amide bonds. The lowest BCUT2D eigenvalue weighted by molar-refractivity contribution is 0.159. The highest BCUT2D eigenvalue weighted by molar-refractivity contribution is 5.46. The molecule has 1 aromatic rings. The highest BCUT2D eigenvalue weighted by atomic mass is 16.5. The lowest BCUT2D eigenvalue weighted by atomic mass is 10.1. The maximum Gasteiger partial charge on any atom is 0.163 e. The van der Waals surface area contributed by atoms with E-state index >= 15 is 0 Å². The Labute approximate surface area is 103 Å². The van der Waals surface area contributed by atoms with E-state index < -0.39 is 0 Å². The lowest BCUT2D eigenvalue weighted by Crippen LogP contribution is -1.99. The van der Waals surface area contributed by atoms with Crippen LogP contribution in [0.15, 0.2) is 30.9 Å². The van der Waals surface area contributed by atoms with E-state index in [1.54, 1.807) is 20.3 Å². The molecule has 3 heteroatoms. The van der Waals surface area contributed by atoms with Crippen LogP contribution in [0, 0.1) is 0 Å². The van der Waals surface area contributed by atoms with Crippen LogP contribution in [0.2, 0.25) is 0 Å². The molecule has 0 fully saturated rings. The molecule has 0 unspecified atom stereocenters. The maximum atomic E-state index is 5.36. The first kappa shape index (κ1) is 13.6. The number of para-hydroxylation sites is 1. The quantitative estimate of drug-likeness (QED) is 0.513. The Morgan fingerprint density at radius 1 is 1.24 bits per heavy atom. The predicted molar refractivity (Wildman–Crippen MR) is 68.9 cm³/mol. The second-order valence-corrected chi connectivity index (χ2v) is 3.62. The van der Waals surface area contributed by atoms with Crippen LogP contribution < -0.4 is 9.47 Å². The Balaban J connectivity index is 2.54. The van der Waals surface area contributed by atoms with Gasteiger partial charge in [-0.3, -0.25) is 0 Å². The minimum absolute atomic E-state index is 0.606. The summed E-state index contributed by atoms with van der Waals surface area (Å²) in [5, 5.41) is 0.